The highest BCUT2D eigenvalue weighted by Crippen LogP contribution is 2.34. The van der Waals surface area contributed by atoms with Crippen molar-refractivity contribution in [3.05, 3.63) is 46.5 Å². The fourth-order valence-electron chi connectivity index (χ4n) is 2.26. The maximum Gasteiger partial charge on any atom is 0.161 e. The molecule has 20 heavy (non-hydrogen) atoms. The molecule has 0 aliphatic rings. The minimum atomic E-state index is -0.439. The minimum absolute atomic E-state index is 0.109. The van der Waals surface area contributed by atoms with E-state index < -0.39 is 5.82 Å². The number of ether oxygens (including phenoxy) is 1. The van der Waals surface area contributed by atoms with Gasteiger partial charge in [-0.15, -0.1) is 0 Å². The summed E-state index contributed by atoms with van der Waals surface area (Å²) in [5.41, 5.74) is 1.48. The lowest BCUT2D eigenvalue weighted by molar-refractivity contribution is 0.401. The summed E-state index contributed by atoms with van der Waals surface area (Å²) in [7, 11) is 3.37. The maximum atomic E-state index is 13.7. The highest BCUT2D eigenvalue weighted by atomic mass is 35.5. The summed E-state index contributed by atoms with van der Waals surface area (Å²) in [5, 5.41) is 7.52. The van der Waals surface area contributed by atoms with E-state index in [1.807, 2.05) is 6.92 Å². The molecular weight excluding hydrogens is 281 g/mol. The minimum Gasteiger partial charge on any atom is -0.493 e. The van der Waals surface area contributed by atoms with Crippen LogP contribution in [-0.2, 0) is 6.54 Å². The number of hydrogen-bond acceptors (Lipinski definition) is 3. The molecule has 6 heteroatoms. The smallest absolute Gasteiger partial charge is 0.161 e. The Kier molecular flexibility index (Phi) is 4.62. The number of aryl methyl sites for hydroxylation is 1. The van der Waals surface area contributed by atoms with E-state index in [2.05, 4.69) is 10.4 Å². The first-order chi connectivity index (χ1) is 9.63. The molecule has 2 aromatic rings. The highest BCUT2D eigenvalue weighted by Gasteiger charge is 2.24. The van der Waals surface area contributed by atoms with Crippen molar-refractivity contribution >= 4 is 11.6 Å². The molecule has 0 radical (unpaired) electrons. The number of benzene rings is 1. The summed E-state index contributed by atoms with van der Waals surface area (Å²) in [4.78, 5) is 0. The second-order valence-corrected chi connectivity index (χ2v) is 4.66. The van der Waals surface area contributed by atoms with Gasteiger partial charge in [0.25, 0.3) is 0 Å². The Balaban J connectivity index is 2.58. The molecule has 1 aromatic heterocycles. The standard InChI is InChI=1S/C14H17ClFN3O/c1-4-19-14(11(20-3)8-18-19)13(17-2)9-6-5-7-10(16)12(9)15/h5-8,13,17H,4H2,1-3H3. The summed E-state index contributed by atoms with van der Waals surface area (Å²) in [5.74, 6) is 0.206. The lowest BCUT2D eigenvalue weighted by Crippen LogP contribution is -2.22. The number of methoxy groups -OCH3 is 1. The average molecular weight is 298 g/mol. The molecule has 0 saturated heterocycles. The van der Waals surface area contributed by atoms with E-state index in [9.17, 15) is 4.39 Å². The van der Waals surface area contributed by atoms with E-state index in [0.717, 1.165) is 5.69 Å². The van der Waals surface area contributed by atoms with E-state index in [-0.39, 0.29) is 11.1 Å². The van der Waals surface area contributed by atoms with Gasteiger partial charge in [-0.3, -0.25) is 4.68 Å². The third kappa shape index (κ3) is 2.51. The molecule has 1 unspecified atom stereocenters. The molecule has 2 rings (SSSR count). The lowest BCUT2D eigenvalue weighted by Gasteiger charge is -2.20. The molecular formula is C14H17ClFN3O. The van der Waals surface area contributed by atoms with Crippen LogP contribution in [0.4, 0.5) is 4.39 Å². The first-order valence-electron chi connectivity index (χ1n) is 6.34. The maximum absolute atomic E-state index is 13.7. The Labute approximate surface area is 122 Å². The van der Waals surface area contributed by atoms with Gasteiger partial charge in [-0.25, -0.2) is 4.39 Å². The van der Waals surface area contributed by atoms with Gasteiger partial charge < -0.3 is 10.1 Å². The number of nitrogens with zero attached hydrogens (tertiary/aromatic N) is 2. The zero-order chi connectivity index (χ0) is 14.7. The molecule has 1 atom stereocenters. The van der Waals surface area contributed by atoms with Crippen LogP contribution in [0.15, 0.2) is 24.4 Å². The largest absolute Gasteiger partial charge is 0.493 e. The van der Waals surface area contributed by atoms with Gasteiger partial charge in [0.05, 0.1) is 24.4 Å². The Bertz CT molecular complexity index is 579. The summed E-state index contributed by atoms with van der Waals surface area (Å²) in [6.45, 7) is 2.67. The number of halogens is 2. The average Bonchev–Trinajstić information content (AvgIpc) is 2.87. The number of hydrogen-bond donors (Lipinski definition) is 1. The van der Waals surface area contributed by atoms with Crippen LogP contribution in [-0.4, -0.2) is 23.9 Å². The van der Waals surface area contributed by atoms with E-state index in [1.54, 1.807) is 37.2 Å². The molecule has 1 aromatic carbocycles. The molecule has 0 bridgehead atoms. The van der Waals surface area contributed by atoms with Crippen molar-refractivity contribution in [1.29, 1.82) is 0 Å². The first kappa shape index (κ1) is 14.8. The van der Waals surface area contributed by atoms with Crippen LogP contribution >= 0.6 is 11.6 Å². The van der Waals surface area contributed by atoms with Gasteiger partial charge in [0.2, 0.25) is 0 Å². The van der Waals surface area contributed by atoms with Crippen LogP contribution < -0.4 is 10.1 Å². The van der Waals surface area contributed by atoms with Crippen molar-refractivity contribution in [2.45, 2.75) is 19.5 Å². The van der Waals surface area contributed by atoms with Crippen molar-refractivity contribution in [2.24, 2.45) is 0 Å². The molecule has 0 saturated carbocycles. The number of aromatic nitrogens is 2. The summed E-state index contributed by atoms with van der Waals surface area (Å²) >= 11 is 6.09. The monoisotopic (exact) mass is 297 g/mol. The quantitative estimate of drug-likeness (QED) is 0.922. The zero-order valence-electron chi connectivity index (χ0n) is 11.7. The van der Waals surface area contributed by atoms with Crippen molar-refractivity contribution in [3.8, 4) is 5.75 Å². The van der Waals surface area contributed by atoms with Crippen LogP contribution in [0.3, 0.4) is 0 Å². The summed E-state index contributed by atoms with van der Waals surface area (Å²) < 4.78 is 20.8. The van der Waals surface area contributed by atoms with Gasteiger partial charge in [-0.1, -0.05) is 23.7 Å². The Hall–Kier alpha value is -1.59. The van der Waals surface area contributed by atoms with Crippen molar-refractivity contribution in [2.75, 3.05) is 14.2 Å². The third-order valence-electron chi connectivity index (χ3n) is 3.22. The van der Waals surface area contributed by atoms with Crippen LogP contribution in [0.25, 0.3) is 0 Å². The molecule has 0 aliphatic heterocycles. The normalized spacial score (nSPS) is 12.4. The fourth-order valence-corrected chi connectivity index (χ4v) is 2.50. The van der Waals surface area contributed by atoms with Crippen LogP contribution in [0, 0.1) is 5.82 Å². The predicted molar refractivity (Wildman–Crippen MR) is 76.8 cm³/mol. The Morgan fingerprint density at radius 3 is 2.85 bits per heavy atom. The second kappa shape index (κ2) is 6.24. The van der Waals surface area contributed by atoms with Crippen molar-refractivity contribution in [1.82, 2.24) is 15.1 Å². The molecule has 0 spiro atoms. The van der Waals surface area contributed by atoms with Crippen molar-refractivity contribution < 1.29 is 9.13 Å². The molecule has 0 fully saturated rings. The Morgan fingerprint density at radius 1 is 1.50 bits per heavy atom. The SMILES string of the molecule is CCn1ncc(OC)c1C(NC)c1cccc(F)c1Cl. The van der Waals surface area contributed by atoms with E-state index >= 15 is 0 Å². The molecule has 108 valence electrons. The fraction of sp³-hybridized carbons (Fsp3) is 0.357. The highest BCUT2D eigenvalue weighted by molar-refractivity contribution is 6.31. The van der Waals surface area contributed by atoms with E-state index in [0.29, 0.717) is 17.9 Å². The number of nitrogens with one attached hydrogen (secondary N) is 1. The molecule has 4 nitrogen and oxygen atoms in total. The summed E-state index contributed by atoms with van der Waals surface area (Å²) in [6.07, 6.45) is 1.65. The van der Waals surface area contributed by atoms with Crippen LogP contribution in [0.5, 0.6) is 5.75 Å². The Morgan fingerprint density at radius 2 is 2.25 bits per heavy atom. The van der Waals surface area contributed by atoms with Crippen LogP contribution in [0.1, 0.15) is 24.2 Å². The van der Waals surface area contributed by atoms with Gasteiger partial charge in [0, 0.05) is 6.54 Å². The van der Waals surface area contributed by atoms with Crippen LogP contribution in [0.2, 0.25) is 5.02 Å². The van der Waals surface area contributed by atoms with E-state index in [4.69, 9.17) is 16.3 Å². The van der Waals surface area contributed by atoms with Gasteiger partial charge in [0.1, 0.15) is 11.5 Å². The topological polar surface area (TPSA) is 39.1 Å². The molecule has 1 heterocycles. The first-order valence-corrected chi connectivity index (χ1v) is 6.72. The van der Waals surface area contributed by atoms with Gasteiger partial charge in [0.15, 0.2) is 5.75 Å². The molecule has 1 N–H and O–H groups in total. The van der Waals surface area contributed by atoms with Crippen molar-refractivity contribution in [3.63, 3.8) is 0 Å². The molecule has 0 amide bonds. The second-order valence-electron chi connectivity index (χ2n) is 4.28. The zero-order valence-corrected chi connectivity index (χ0v) is 12.4. The number of rotatable bonds is 5. The van der Waals surface area contributed by atoms with Gasteiger partial charge in [-0.05, 0) is 25.6 Å². The molecule has 0 aliphatic carbocycles. The third-order valence-corrected chi connectivity index (χ3v) is 3.62. The van der Waals surface area contributed by atoms with Gasteiger partial charge in [-0.2, -0.15) is 5.10 Å². The van der Waals surface area contributed by atoms with E-state index in [1.165, 1.54) is 6.07 Å². The lowest BCUT2D eigenvalue weighted by atomic mass is 10.0. The van der Waals surface area contributed by atoms with Gasteiger partial charge >= 0.3 is 0 Å². The summed E-state index contributed by atoms with van der Waals surface area (Å²) in [6, 6.07) is 4.47. The predicted octanol–water partition coefficient (Wildman–Crippen LogP) is 3.01.